The standard InChI is InChI=1S/C24H29BrF2N2O2/c1-3-15-9-20-19(21(25)10-15)5-4-6-22(20)28-13-24(31)23(29-14(2)30)11-16-7-17(26)12-18(27)8-16/h7-10,12,22-24,28,31H,3-6,11,13H2,1-2H3,(H,29,30)/t22-,23?,24?/m0/s1. The Kier molecular flexibility index (Phi) is 8.19. The number of nitrogens with one attached hydrogen (secondary N) is 2. The number of aliphatic hydroxyl groups is 1. The third-order valence-corrected chi connectivity index (χ3v) is 6.51. The highest BCUT2D eigenvalue weighted by Gasteiger charge is 2.26. The van der Waals surface area contributed by atoms with Crippen LogP contribution in [0.2, 0.25) is 0 Å². The largest absolute Gasteiger partial charge is 0.390 e. The number of halogens is 3. The predicted molar refractivity (Wildman–Crippen MR) is 121 cm³/mol. The molecule has 0 radical (unpaired) electrons. The van der Waals surface area contributed by atoms with E-state index in [1.54, 1.807) is 0 Å². The van der Waals surface area contributed by atoms with Crippen molar-refractivity contribution in [3.05, 3.63) is 68.7 Å². The zero-order valence-electron chi connectivity index (χ0n) is 17.9. The molecule has 0 fully saturated rings. The summed E-state index contributed by atoms with van der Waals surface area (Å²) in [5.41, 5.74) is 4.18. The van der Waals surface area contributed by atoms with Crippen LogP contribution in [0.5, 0.6) is 0 Å². The number of carbonyl (C=O) groups excluding carboxylic acids is 1. The molecule has 3 rings (SSSR count). The van der Waals surface area contributed by atoms with Gasteiger partial charge in [0.25, 0.3) is 0 Å². The van der Waals surface area contributed by atoms with Gasteiger partial charge < -0.3 is 15.7 Å². The Bertz CT molecular complexity index is 918. The Labute approximate surface area is 190 Å². The summed E-state index contributed by atoms with van der Waals surface area (Å²) in [7, 11) is 0. The number of aryl methyl sites for hydroxylation is 1. The normalized spacial score (nSPS) is 17.7. The quantitative estimate of drug-likeness (QED) is 0.510. The van der Waals surface area contributed by atoms with E-state index >= 15 is 0 Å². The van der Waals surface area contributed by atoms with Crippen LogP contribution in [0.1, 0.15) is 55.0 Å². The van der Waals surface area contributed by atoms with Crippen molar-refractivity contribution in [2.75, 3.05) is 6.54 Å². The van der Waals surface area contributed by atoms with Crippen LogP contribution in [0.15, 0.2) is 34.8 Å². The molecule has 3 N–H and O–H groups in total. The van der Waals surface area contributed by atoms with Crippen molar-refractivity contribution in [1.29, 1.82) is 0 Å². The van der Waals surface area contributed by atoms with Crippen LogP contribution in [-0.2, 0) is 24.1 Å². The molecular formula is C24H29BrF2N2O2. The van der Waals surface area contributed by atoms with Crippen molar-refractivity contribution in [3.63, 3.8) is 0 Å². The maximum atomic E-state index is 13.6. The molecule has 0 spiro atoms. The van der Waals surface area contributed by atoms with Gasteiger partial charge in [-0.15, -0.1) is 0 Å². The van der Waals surface area contributed by atoms with E-state index in [0.717, 1.165) is 36.2 Å². The molecule has 2 unspecified atom stereocenters. The van der Waals surface area contributed by atoms with Gasteiger partial charge in [0.05, 0.1) is 12.1 Å². The topological polar surface area (TPSA) is 61.4 Å². The Morgan fingerprint density at radius 1 is 1.19 bits per heavy atom. The van der Waals surface area contributed by atoms with Crippen molar-refractivity contribution >= 4 is 21.8 Å². The first kappa shape index (κ1) is 23.8. The summed E-state index contributed by atoms with van der Waals surface area (Å²) in [5.74, 6) is -1.67. The number of hydrogen-bond donors (Lipinski definition) is 3. The minimum atomic E-state index is -0.918. The van der Waals surface area contributed by atoms with E-state index in [2.05, 4.69) is 45.6 Å². The summed E-state index contributed by atoms with van der Waals surface area (Å²) in [6, 6.07) is 7.08. The van der Waals surface area contributed by atoms with Gasteiger partial charge in [0, 0.05) is 30.0 Å². The molecule has 31 heavy (non-hydrogen) atoms. The van der Waals surface area contributed by atoms with E-state index in [0.29, 0.717) is 5.56 Å². The van der Waals surface area contributed by atoms with E-state index < -0.39 is 23.8 Å². The molecular weight excluding hydrogens is 466 g/mol. The molecule has 1 aliphatic carbocycles. The Morgan fingerprint density at radius 3 is 2.55 bits per heavy atom. The van der Waals surface area contributed by atoms with Gasteiger partial charge in [-0.25, -0.2) is 8.78 Å². The van der Waals surface area contributed by atoms with Crippen molar-refractivity contribution < 1.29 is 18.7 Å². The van der Waals surface area contributed by atoms with Crippen LogP contribution < -0.4 is 10.6 Å². The summed E-state index contributed by atoms with van der Waals surface area (Å²) in [6.45, 7) is 3.73. The maximum absolute atomic E-state index is 13.6. The van der Waals surface area contributed by atoms with Gasteiger partial charge in [-0.2, -0.15) is 0 Å². The molecule has 168 valence electrons. The molecule has 0 saturated carbocycles. The van der Waals surface area contributed by atoms with Crippen molar-refractivity contribution in [3.8, 4) is 0 Å². The second-order valence-corrected chi connectivity index (χ2v) is 9.06. The summed E-state index contributed by atoms with van der Waals surface area (Å²) in [5, 5.41) is 17.0. The second kappa shape index (κ2) is 10.7. The first-order valence-electron chi connectivity index (χ1n) is 10.7. The first-order valence-corrected chi connectivity index (χ1v) is 11.5. The number of benzene rings is 2. The molecule has 0 heterocycles. The molecule has 4 nitrogen and oxygen atoms in total. The minimum Gasteiger partial charge on any atom is -0.390 e. The summed E-state index contributed by atoms with van der Waals surface area (Å²) in [6.07, 6.45) is 3.17. The smallest absolute Gasteiger partial charge is 0.217 e. The average Bonchev–Trinajstić information content (AvgIpc) is 2.70. The van der Waals surface area contributed by atoms with E-state index in [-0.39, 0.29) is 24.9 Å². The fourth-order valence-electron chi connectivity index (χ4n) is 4.28. The SMILES string of the molecule is CCc1cc(Br)c2c(c1)[C@@H](NCC(O)C(Cc1cc(F)cc(F)c1)NC(C)=O)CCC2. The highest BCUT2D eigenvalue weighted by molar-refractivity contribution is 9.10. The predicted octanol–water partition coefficient (Wildman–Crippen LogP) is 4.37. The average molecular weight is 495 g/mol. The lowest BCUT2D eigenvalue weighted by Crippen LogP contribution is -2.48. The minimum absolute atomic E-state index is 0.103. The number of amides is 1. The lowest BCUT2D eigenvalue weighted by Gasteiger charge is -2.31. The van der Waals surface area contributed by atoms with Crippen LogP contribution in [0.3, 0.4) is 0 Å². The van der Waals surface area contributed by atoms with Crippen molar-refractivity contribution in [2.24, 2.45) is 0 Å². The molecule has 7 heteroatoms. The van der Waals surface area contributed by atoms with Gasteiger partial charge in [0.15, 0.2) is 0 Å². The summed E-state index contributed by atoms with van der Waals surface area (Å²) in [4.78, 5) is 11.7. The van der Waals surface area contributed by atoms with Crippen LogP contribution >= 0.6 is 15.9 Å². The number of fused-ring (bicyclic) bond motifs is 1. The molecule has 0 bridgehead atoms. The van der Waals surface area contributed by atoms with E-state index in [9.17, 15) is 18.7 Å². The Hall–Kier alpha value is -1.83. The van der Waals surface area contributed by atoms with Crippen LogP contribution in [0.25, 0.3) is 0 Å². The zero-order chi connectivity index (χ0) is 22.5. The number of hydrogen-bond acceptors (Lipinski definition) is 3. The highest BCUT2D eigenvalue weighted by atomic mass is 79.9. The van der Waals surface area contributed by atoms with Crippen LogP contribution in [0.4, 0.5) is 8.78 Å². The van der Waals surface area contributed by atoms with Gasteiger partial charge in [-0.05, 0) is 72.6 Å². The van der Waals surface area contributed by atoms with E-state index in [4.69, 9.17) is 0 Å². The van der Waals surface area contributed by atoms with Gasteiger partial charge >= 0.3 is 0 Å². The molecule has 3 atom stereocenters. The summed E-state index contributed by atoms with van der Waals surface area (Å²) >= 11 is 3.69. The van der Waals surface area contributed by atoms with Crippen LogP contribution in [-0.4, -0.2) is 29.7 Å². The van der Waals surface area contributed by atoms with Gasteiger partial charge in [0.2, 0.25) is 5.91 Å². The molecule has 2 aromatic carbocycles. The van der Waals surface area contributed by atoms with Crippen molar-refractivity contribution in [1.82, 2.24) is 10.6 Å². The fraction of sp³-hybridized carbons (Fsp3) is 0.458. The maximum Gasteiger partial charge on any atom is 0.217 e. The third-order valence-electron chi connectivity index (χ3n) is 5.80. The summed E-state index contributed by atoms with van der Waals surface area (Å²) < 4.78 is 28.2. The monoisotopic (exact) mass is 494 g/mol. The number of aliphatic hydroxyl groups excluding tert-OH is 1. The first-order chi connectivity index (χ1) is 14.8. The van der Waals surface area contributed by atoms with Gasteiger partial charge in [0.1, 0.15) is 11.6 Å². The van der Waals surface area contributed by atoms with Gasteiger partial charge in [-0.1, -0.05) is 28.9 Å². The van der Waals surface area contributed by atoms with Crippen LogP contribution in [0, 0.1) is 11.6 Å². The molecule has 1 aliphatic rings. The lowest BCUT2D eigenvalue weighted by atomic mass is 9.86. The molecule has 1 amide bonds. The second-order valence-electron chi connectivity index (χ2n) is 8.21. The molecule has 0 aliphatic heterocycles. The highest BCUT2D eigenvalue weighted by Crippen LogP contribution is 2.35. The third kappa shape index (κ3) is 6.34. The Balaban J connectivity index is 1.72. The van der Waals surface area contributed by atoms with Gasteiger partial charge in [-0.3, -0.25) is 4.79 Å². The van der Waals surface area contributed by atoms with E-state index in [1.165, 1.54) is 35.7 Å². The molecule has 0 aromatic heterocycles. The molecule has 2 aromatic rings. The van der Waals surface area contributed by atoms with Crippen molar-refractivity contribution in [2.45, 2.75) is 64.1 Å². The molecule has 0 saturated heterocycles. The lowest BCUT2D eigenvalue weighted by molar-refractivity contribution is -0.120. The number of carbonyl (C=O) groups is 1. The van der Waals surface area contributed by atoms with E-state index in [1.807, 2.05) is 0 Å². The fourth-order valence-corrected chi connectivity index (χ4v) is 5.00. The Morgan fingerprint density at radius 2 is 1.90 bits per heavy atom. The zero-order valence-corrected chi connectivity index (χ0v) is 19.4. The number of rotatable bonds is 8.